The second-order valence-corrected chi connectivity index (χ2v) is 3.04. The predicted octanol–water partition coefficient (Wildman–Crippen LogP) is -2.48. The Kier molecular flexibility index (Phi) is 3.78. The normalized spacial score (nSPS) is 10.9. The highest BCUT2D eigenvalue weighted by Gasteiger charge is 2.12. The molecule has 0 aliphatic heterocycles. The molecule has 7 nitrogen and oxygen atoms in total. The van der Waals surface area contributed by atoms with E-state index in [0.717, 1.165) is 4.57 Å². The number of hydrogen-bond acceptors (Lipinski definition) is 5. The van der Waals surface area contributed by atoms with Gasteiger partial charge in [0.05, 0.1) is 19.3 Å². The lowest BCUT2D eigenvalue weighted by Gasteiger charge is -2.14. The lowest BCUT2D eigenvalue weighted by molar-refractivity contribution is 0.151. The molecule has 0 fully saturated rings. The van der Waals surface area contributed by atoms with Crippen LogP contribution in [0, 0.1) is 0 Å². The van der Waals surface area contributed by atoms with E-state index in [2.05, 4.69) is 4.98 Å². The molecule has 84 valence electrons. The van der Waals surface area contributed by atoms with Crippen LogP contribution in [0.4, 0.5) is 0 Å². The van der Waals surface area contributed by atoms with E-state index in [0.29, 0.717) is 0 Å². The molecule has 0 radical (unpaired) electrons. The number of nitrogens with one attached hydrogen (secondary N) is 1. The third-order valence-electron chi connectivity index (χ3n) is 2.08. The summed E-state index contributed by atoms with van der Waals surface area (Å²) in [4.78, 5) is 24.5. The van der Waals surface area contributed by atoms with Gasteiger partial charge in [0.25, 0.3) is 5.56 Å². The molecule has 0 aliphatic carbocycles. The van der Waals surface area contributed by atoms with E-state index in [1.54, 1.807) is 0 Å². The molecule has 0 saturated carbocycles. The predicted molar refractivity (Wildman–Crippen MR) is 52.4 cm³/mol. The van der Waals surface area contributed by atoms with Crippen molar-refractivity contribution in [2.24, 2.45) is 5.73 Å². The van der Waals surface area contributed by atoms with Crippen molar-refractivity contribution >= 4 is 0 Å². The van der Waals surface area contributed by atoms with Crippen LogP contribution in [0.3, 0.4) is 0 Å². The number of hydrogen-bond donors (Lipinski definition) is 4. The first kappa shape index (κ1) is 11.6. The van der Waals surface area contributed by atoms with Gasteiger partial charge in [-0.2, -0.15) is 0 Å². The van der Waals surface area contributed by atoms with Gasteiger partial charge in [-0.25, -0.2) is 4.79 Å². The zero-order valence-corrected chi connectivity index (χ0v) is 8.01. The molecule has 0 aromatic carbocycles. The molecule has 15 heavy (non-hydrogen) atoms. The lowest BCUT2D eigenvalue weighted by Crippen LogP contribution is -2.36. The summed E-state index contributed by atoms with van der Waals surface area (Å²) in [6.07, 6.45) is 1.25. The summed E-state index contributed by atoms with van der Waals surface area (Å²) < 4.78 is 1.06. The molecule has 0 amide bonds. The van der Waals surface area contributed by atoms with Crippen LogP contribution in [0.2, 0.25) is 0 Å². The van der Waals surface area contributed by atoms with E-state index in [-0.39, 0.29) is 12.1 Å². The Morgan fingerprint density at radius 3 is 2.47 bits per heavy atom. The Bertz CT molecular complexity index is 432. The second-order valence-electron chi connectivity index (χ2n) is 3.04. The first-order chi connectivity index (χ1) is 7.13. The lowest BCUT2D eigenvalue weighted by atomic mass is 10.3. The smallest absolute Gasteiger partial charge is 0.328 e. The number of aliphatic hydroxyl groups excluding tert-OH is 2. The number of nitrogens with two attached hydrogens (primary N) is 1. The molecule has 1 rings (SSSR count). The molecule has 0 atom stereocenters. The standard InChI is InChI=1S/C8H13N3O4/c9-1-5-2-11(6(3-12)4-13)8(15)10-7(5)14/h2,6,12-13H,1,3-4,9H2,(H,10,14,15). The van der Waals surface area contributed by atoms with Gasteiger partial charge in [-0.15, -0.1) is 0 Å². The average Bonchev–Trinajstić information content (AvgIpc) is 2.22. The molecule has 1 aromatic rings. The third-order valence-corrected chi connectivity index (χ3v) is 2.08. The van der Waals surface area contributed by atoms with Gasteiger partial charge >= 0.3 is 5.69 Å². The Morgan fingerprint density at radius 2 is 2.00 bits per heavy atom. The summed E-state index contributed by atoms with van der Waals surface area (Å²) in [5, 5.41) is 17.8. The summed E-state index contributed by atoms with van der Waals surface area (Å²) in [5.74, 6) is 0. The maximum Gasteiger partial charge on any atom is 0.328 e. The van der Waals surface area contributed by atoms with Crippen molar-refractivity contribution in [3.63, 3.8) is 0 Å². The molecular weight excluding hydrogens is 202 g/mol. The van der Waals surface area contributed by atoms with Gasteiger partial charge in [0.2, 0.25) is 0 Å². The fraction of sp³-hybridized carbons (Fsp3) is 0.500. The molecular formula is C8H13N3O4. The van der Waals surface area contributed by atoms with Crippen molar-refractivity contribution in [3.8, 4) is 0 Å². The number of aromatic nitrogens is 2. The fourth-order valence-electron chi connectivity index (χ4n) is 1.18. The molecule has 0 bridgehead atoms. The second kappa shape index (κ2) is 4.87. The van der Waals surface area contributed by atoms with Crippen LogP contribution in [0.15, 0.2) is 15.8 Å². The molecule has 7 heteroatoms. The molecule has 0 saturated heterocycles. The van der Waals surface area contributed by atoms with Crippen molar-refractivity contribution < 1.29 is 10.2 Å². The van der Waals surface area contributed by atoms with Crippen molar-refractivity contribution in [2.45, 2.75) is 12.6 Å². The van der Waals surface area contributed by atoms with Gasteiger partial charge < -0.3 is 15.9 Å². The highest BCUT2D eigenvalue weighted by Crippen LogP contribution is 2.00. The van der Waals surface area contributed by atoms with Crippen LogP contribution in [-0.4, -0.2) is 33.0 Å². The Hall–Kier alpha value is -1.44. The average molecular weight is 215 g/mol. The topological polar surface area (TPSA) is 121 Å². The van der Waals surface area contributed by atoms with Crippen molar-refractivity contribution in [2.75, 3.05) is 13.2 Å². The maximum atomic E-state index is 11.3. The van der Waals surface area contributed by atoms with Gasteiger partial charge in [0.1, 0.15) is 0 Å². The minimum Gasteiger partial charge on any atom is -0.394 e. The zero-order valence-electron chi connectivity index (χ0n) is 8.01. The van der Waals surface area contributed by atoms with Gasteiger partial charge in [-0.1, -0.05) is 0 Å². The third kappa shape index (κ3) is 2.32. The summed E-state index contributed by atoms with van der Waals surface area (Å²) in [5.41, 5.74) is 4.29. The summed E-state index contributed by atoms with van der Waals surface area (Å²) in [6, 6.07) is -0.764. The van der Waals surface area contributed by atoms with Crippen molar-refractivity contribution in [1.29, 1.82) is 0 Å². The summed E-state index contributed by atoms with van der Waals surface area (Å²) in [6.45, 7) is -0.807. The highest BCUT2D eigenvalue weighted by molar-refractivity contribution is 5.04. The number of aromatic amines is 1. The van der Waals surface area contributed by atoms with Gasteiger partial charge in [0, 0.05) is 18.3 Å². The van der Waals surface area contributed by atoms with Crippen LogP contribution >= 0.6 is 0 Å². The van der Waals surface area contributed by atoms with Crippen LogP contribution < -0.4 is 17.0 Å². The van der Waals surface area contributed by atoms with E-state index in [1.165, 1.54) is 6.20 Å². The first-order valence-electron chi connectivity index (χ1n) is 4.40. The molecule has 0 spiro atoms. The molecule has 5 N–H and O–H groups in total. The van der Waals surface area contributed by atoms with Crippen molar-refractivity contribution in [3.05, 3.63) is 32.6 Å². The Labute approximate surface area is 84.8 Å². The first-order valence-corrected chi connectivity index (χ1v) is 4.40. The molecule has 1 aromatic heterocycles. The summed E-state index contributed by atoms with van der Waals surface area (Å²) >= 11 is 0. The number of H-pyrrole nitrogens is 1. The molecule has 1 heterocycles. The highest BCUT2D eigenvalue weighted by atomic mass is 16.3. The van der Waals surface area contributed by atoms with Gasteiger partial charge in [-0.05, 0) is 0 Å². The van der Waals surface area contributed by atoms with E-state index in [9.17, 15) is 9.59 Å². The van der Waals surface area contributed by atoms with E-state index in [1.807, 2.05) is 0 Å². The summed E-state index contributed by atoms with van der Waals surface area (Å²) in [7, 11) is 0. The number of aliphatic hydroxyl groups is 2. The van der Waals surface area contributed by atoms with E-state index < -0.39 is 30.5 Å². The largest absolute Gasteiger partial charge is 0.394 e. The number of rotatable bonds is 4. The molecule has 0 aliphatic rings. The van der Waals surface area contributed by atoms with E-state index in [4.69, 9.17) is 15.9 Å². The van der Waals surface area contributed by atoms with Gasteiger partial charge in [0.15, 0.2) is 0 Å². The van der Waals surface area contributed by atoms with Crippen LogP contribution in [0.25, 0.3) is 0 Å². The Balaban J connectivity index is 3.29. The Morgan fingerprint density at radius 1 is 1.40 bits per heavy atom. The van der Waals surface area contributed by atoms with Crippen molar-refractivity contribution in [1.82, 2.24) is 9.55 Å². The van der Waals surface area contributed by atoms with Crippen LogP contribution in [0.5, 0.6) is 0 Å². The SMILES string of the molecule is NCc1cn(C(CO)CO)c(=O)[nH]c1=O. The van der Waals surface area contributed by atoms with Gasteiger partial charge in [-0.3, -0.25) is 14.3 Å². The minimum absolute atomic E-state index is 0.0147. The monoisotopic (exact) mass is 215 g/mol. The zero-order chi connectivity index (χ0) is 11.4. The quantitative estimate of drug-likeness (QED) is 0.443. The molecule has 0 unspecified atom stereocenters. The van der Waals surface area contributed by atoms with Crippen LogP contribution in [-0.2, 0) is 6.54 Å². The maximum absolute atomic E-state index is 11.3. The van der Waals surface area contributed by atoms with E-state index >= 15 is 0 Å². The van der Waals surface area contributed by atoms with Crippen LogP contribution in [0.1, 0.15) is 11.6 Å². The fourth-order valence-corrected chi connectivity index (χ4v) is 1.18. The number of nitrogens with zero attached hydrogens (tertiary/aromatic N) is 1. The minimum atomic E-state index is -0.764.